The van der Waals surface area contributed by atoms with Crippen molar-refractivity contribution in [3.05, 3.63) is 48.9 Å². The number of nitrogens with zero attached hydrogens (tertiary/aromatic N) is 1. The summed E-state index contributed by atoms with van der Waals surface area (Å²) in [4.78, 5) is 6.94. The van der Waals surface area contributed by atoms with Crippen LogP contribution in [0.2, 0.25) is 0 Å². The molecule has 0 saturated carbocycles. The minimum Gasteiger partial charge on any atom is -0.399 e. The second-order valence-electron chi connectivity index (χ2n) is 4.30. The van der Waals surface area contributed by atoms with Gasteiger partial charge in [-0.1, -0.05) is 0 Å². The van der Waals surface area contributed by atoms with E-state index in [4.69, 9.17) is 5.73 Å². The summed E-state index contributed by atoms with van der Waals surface area (Å²) in [5, 5.41) is 0.598. The lowest BCUT2D eigenvalue weighted by molar-refractivity contribution is 0.602. The molecule has 1 aromatic carbocycles. The Morgan fingerprint density at radius 3 is 2.65 bits per heavy atom. The molecule has 0 bridgehead atoms. The average molecular weight is 288 g/mol. The SMILES string of the molecule is Nc1ccc2c(S(=O)(=O)Nc3ccncc3)c[nH]c2c1. The normalized spacial score (nSPS) is 11.6. The number of pyridine rings is 1. The number of rotatable bonds is 3. The third-order valence-corrected chi connectivity index (χ3v) is 4.31. The Labute approximate surface area is 115 Å². The van der Waals surface area contributed by atoms with Crippen LogP contribution in [0.15, 0.2) is 53.8 Å². The van der Waals surface area contributed by atoms with Gasteiger partial charge >= 0.3 is 0 Å². The van der Waals surface area contributed by atoms with E-state index < -0.39 is 10.0 Å². The number of fused-ring (bicyclic) bond motifs is 1. The van der Waals surface area contributed by atoms with E-state index >= 15 is 0 Å². The molecule has 102 valence electrons. The molecule has 2 aromatic heterocycles. The summed E-state index contributed by atoms with van der Waals surface area (Å²) >= 11 is 0. The molecule has 0 spiro atoms. The van der Waals surface area contributed by atoms with Crippen LogP contribution < -0.4 is 10.5 Å². The van der Waals surface area contributed by atoms with E-state index in [2.05, 4.69) is 14.7 Å². The number of aromatic nitrogens is 2. The number of nitrogen functional groups attached to an aromatic ring is 1. The van der Waals surface area contributed by atoms with Crippen molar-refractivity contribution < 1.29 is 8.42 Å². The third kappa shape index (κ3) is 2.19. The molecule has 0 saturated heterocycles. The molecular formula is C13H12N4O2S. The van der Waals surface area contributed by atoms with Crippen LogP contribution in [0.4, 0.5) is 11.4 Å². The van der Waals surface area contributed by atoms with E-state index in [0.29, 0.717) is 22.3 Å². The first kappa shape index (κ1) is 12.5. The van der Waals surface area contributed by atoms with Crippen molar-refractivity contribution in [3.8, 4) is 0 Å². The van der Waals surface area contributed by atoms with Crippen molar-refractivity contribution in [2.24, 2.45) is 0 Å². The van der Waals surface area contributed by atoms with Crippen LogP contribution in [0.3, 0.4) is 0 Å². The van der Waals surface area contributed by atoms with Gasteiger partial charge in [0.25, 0.3) is 10.0 Å². The maximum atomic E-state index is 12.4. The summed E-state index contributed by atoms with van der Waals surface area (Å²) in [6.45, 7) is 0. The Kier molecular flexibility index (Phi) is 2.83. The topological polar surface area (TPSA) is 101 Å². The van der Waals surface area contributed by atoms with Gasteiger partial charge in [-0.25, -0.2) is 8.42 Å². The van der Waals surface area contributed by atoms with Crippen LogP contribution in [0.25, 0.3) is 10.9 Å². The summed E-state index contributed by atoms with van der Waals surface area (Å²) in [6, 6.07) is 8.22. The quantitative estimate of drug-likeness (QED) is 0.641. The zero-order chi connectivity index (χ0) is 14.2. The summed E-state index contributed by atoms with van der Waals surface area (Å²) in [6.07, 6.45) is 4.50. The highest BCUT2D eigenvalue weighted by atomic mass is 32.2. The lowest BCUT2D eigenvalue weighted by Crippen LogP contribution is -2.12. The van der Waals surface area contributed by atoms with Crippen molar-refractivity contribution in [3.63, 3.8) is 0 Å². The number of hydrogen-bond donors (Lipinski definition) is 3. The highest BCUT2D eigenvalue weighted by Crippen LogP contribution is 2.26. The van der Waals surface area contributed by atoms with Crippen molar-refractivity contribution >= 4 is 32.3 Å². The molecule has 0 aliphatic rings. The van der Waals surface area contributed by atoms with Gasteiger partial charge in [-0.05, 0) is 30.3 Å². The predicted molar refractivity (Wildman–Crippen MR) is 77.8 cm³/mol. The van der Waals surface area contributed by atoms with Crippen molar-refractivity contribution in [2.75, 3.05) is 10.5 Å². The molecule has 0 amide bonds. The Balaban J connectivity index is 2.06. The van der Waals surface area contributed by atoms with E-state index in [1.807, 2.05) is 0 Å². The first-order valence-corrected chi connectivity index (χ1v) is 7.34. The lowest BCUT2D eigenvalue weighted by Gasteiger charge is -2.06. The fourth-order valence-electron chi connectivity index (χ4n) is 1.97. The summed E-state index contributed by atoms with van der Waals surface area (Å²) in [5.74, 6) is 0. The van der Waals surface area contributed by atoms with E-state index in [1.165, 1.54) is 18.6 Å². The Morgan fingerprint density at radius 1 is 1.15 bits per heavy atom. The van der Waals surface area contributed by atoms with Crippen LogP contribution in [0.5, 0.6) is 0 Å². The van der Waals surface area contributed by atoms with Gasteiger partial charge in [-0.3, -0.25) is 9.71 Å². The number of hydrogen-bond acceptors (Lipinski definition) is 4. The first-order valence-electron chi connectivity index (χ1n) is 5.86. The maximum Gasteiger partial charge on any atom is 0.264 e. The molecule has 0 aliphatic carbocycles. The van der Waals surface area contributed by atoms with E-state index in [0.717, 1.165) is 0 Å². The summed E-state index contributed by atoms with van der Waals surface area (Å²) in [5.41, 5.74) is 7.39. The van der Waals surface area contributed by atoms with Gasteiger partial charge in [-0.15, -0.1) is 0 Å². The number of aromatic amines is 1. The Hall–Kier alpha value is -2.54. The van der Waals surface area contributed by atoms with Gasteiger partial charge in [-0.2, -0.15) is 0 Å². The largest absolute Gasteiger partial charge is 0.399 e. The average Bonchev–Trinajstić information content (AvgIpc) is 2.83. The van der Waals surface area contributed by atoms with Gasteiger partial charge in [0.2, 0.25) is 0 Å². The Bertz CT molecular complexity index is 856. The number of benzene rings is 1. The summed E-state index contributed by atoms with van der Waals surface area (Å²) in [7, 11) is -3.66. The highest BCUT2D eigenvalue weighted by Gasteiger charge is 2.19. The van der Waals surface area contributed by atoms with E-state index in [9.17, 15) is 8.42 Å². The second kappa shape index (κ2) is 4.53. The standard InChI is InChI=1S/C13H12N4O2S/c14-9-1-2-11-12(7-9)16-8-13(11)20(18,19)17-10-3-5-15-6-4-10/h1-8,16H,14H2,(H,15,17). The zero-order valence-corrected chi connectivity index (χ0v) is 11.2. The molecule has 3 aromatic rings. The highest BCUT2D eigenvalue weighted by molar-refractivity contribution is 7.93. The zero-order valence-electron chi connectivity index (χ0n) is 10.4. The van der Waals surface area contributed by atoms with Gasteiger partial charge in [0, 0.05) is 35.2 Å². The molecular weight excluding hydrogens is 276 g/mol. The number of nitrogens with one attached hydrogen (secondary N) is 2. The molecule has 0 unspecified atom stereocenters. The molecule has 0 radical (unpaired) electrons. The van der Waals surface area contributed by atoms with Crippen LogP contribution >= 0.6 is 0 Å². The van der Waals surface area contributed by atoms with Crippen LogP contribution in [0.1, 0.15) is 0 Å². The predicted octanol–water partition coefficient (Wildman–Crippen LogP) is 1.95. The first-order chi connectivity index (χ1) is 9.56. The number of sulfonamides is 1. The monoisotopic (exact) mass is 288 g/mol. The summed E-state index contributed by atoms with van der Waals surface area (Å²) < 4.78 is 27.3. The van der Waals surface area contributed by atoms with Crippen molar-refractivity contribution in [2.45, 2.75) is 4.90 Å². The molecule has 0 fully saturated rings. The van der Waals surface area contributed by atoms with E-state index in [1.54, 1.807) is 30.3 Å². The van der Waals surface area contributed by atoms with E-state index in [-0.39, 0.29) is 4.90 Å². The molecule has 3 rings (SSSR count). The molecule has 0 aliphatic heterocycles. The van der Waals surface area contributed by atoms with Gasteiger partial charge < -0.3 is 10.7 Å². The fourth-order valence-corrected chi connectivity index (χ4v) is 3.21. The van der Waals surface area contributed by atoms with Crippen molar-refractivity contribution in [1.29, 1.82) is 0 Å². The van der Waals surface area contributed by atoms with Crippen LogP contribution in [-0.2, 0) is 10.0 Å². The molecule has 4 N–H and O–H groups in total. The maximum absolute atomic E-state index is 12.4. The number of H-pyrrole nitrogens is 1. The molecule has 6 nitrogen and oxygen atoms in total. The van der Waals surface area contributed by atoms with Crippen LogP contribution in [-0.4, -0.2) is 18.4 Å². The smallest absolute Gasteiger partial charge is 0.264 e. The number of nitrogens with two attached hydrogens (primary N) is 1. The molecule has 2 heterocycles. The lowest BCUT2D eigenvalue weighted by atomic mass is 10.2. The van der Waals surface area contributed by atoms with Crippen molar-refractivity contribution in [1.82, 2.24) is 9.97 Å². The second-order valence-corrected chi connectivity index (χ2v) is 5.95. The molecule has 7 heteroatoms. The Morgan fingerprint density at radius 2 is 1.90 bits per heavy atom. The third-order valence-electron chi connectivity index (χ3n) is 2.89. The molecule has 0 atom stereocenters. The minimum absolute atomic E-state index is 0.185. The number of anilines is 2. The fraction of sp³-hybridized carbons (Fsp3) is 0. The molecule has 20 heavy (non-hydrogen) atoms. The van der Waals surface area contributed by atoms with Gasteiger partial charge in [0.15, 0.2) is 0 Å². The van der Waals surface area contributed by atoms with Gasteiger partial charge in [0.05, 0.1) is 5.69 Å². The van der Waals surface area contributed by atoms with Crippen LogP contribution in [0, 0.1) is 0 Å². The minimum atomic E-state index is -3.66. The van der Waals surface area contributed by atoms with Gasteiger partial charge in [0.1, 0.15) is 4.90 Å².